The van der Waals surface area contributed by atoms with Crippen molar-refractivity contribution >= 4 is 21.9 Å². The lowest BCUT2D eigenvalue weighted by molar-refractivity contribution is -0.274. The molecule has 7 heteroatoms. The molecule has 0 aliphatic heterocycles. The normalized spacial score (nSPS) is 11.2. The molecule has 0 fully saturated rings. The van der Waals surface area contributed by atoms with Crippen molar-refractivity contribution in [1.29, 1.82) is 0 Å². The summed E-state index contributed by atoms with van der Waals surface area (Å²) in [6, 6.07) is 2.57. The minimum Gasteiger partial charge on any atom is -0.465 e. The molecule has 0 saturated heterocycles. The van der Waals surface area contributed by atoms with Crippen LogP contribution in [0.15, 0.2) is 16.6 Å². The number of hydrogen-bond acceptors (Lipinski definition) is 3. The van der Waals surface area contributed by atoms with Gasteiger partial charge in [-0.2, -0.15) is 0 Å². The molecule has 0 spiro atoms. The Morgan fingerprint density at radius 3 is 2.41 bits per heavy atom. The Morgan fingerprint density at radius 2 is 1.94 bits per heavy atom. The fourth-order valence-electron chi connectivity index (χ4n) is 1.19. The van der Waals surface area contributed by atoms with Gasteiger partial charge in [-0.25, -0.2) is 4.79 Å². The van der Waals surface area contributed by atoms with E-state index >= 15 is 0 Å². The highest BCUT2D eigenvalue weighted by Crippen LogP contribution is 2.34. The summed E-state index contributed by atoms with van der Waals surface area (Å²) >= 11 is 2.88. The number of aryl methyl sites for hydroxylation is 1. The Bertz CT molecular complexity index is 443. The maximum Gasteiger partial charge on any atom is 0.573 e. The molecule has 0 amide bonds. The molecule has 17 heavy (non-hydrogen) atoms. The molecule has 94 valence electrons. The highest BCUT2D eigenvalue weighted by atomic mass is 79.9. The second-order valence-electron chi connectivity index (χ2n) is 3.16. The van der Waals surface area contributed by atoms with Crippen LogP contribution in [0.3, 0.4) is 0 Å². The Balaban J connectivity index is 3.24. The first-order chi connectivity index (χ1) is 7.74. The SMILES string of the molecule is COC(=O)c1cc(C)cc(OC(F)(F)F)c1Br. The largest absolute Gasteiger partial charge is 0.573 e. The van der Waals surface area contributed by atoms with Crippen LogP contribution in [0.2, 0.25) is 0 Å². The lowest BCUT2D eigenvalue weighted by atomic mass is 10.1. The van der Waals surface area contributed by atoms with Crippen molar-refractivity contribution in [2.45, 2.75) is 13.3 Å². The summed E-state index contributed by atoms with van der Waals surface area (Å²) in [5, 5.41) is 0. The van der Waals surface area contributed by atoms with Crippen LogP contribution in [0.25, 0.3) is 0 Å². The number of methoxy groups -OCH3 is 1. The van der Waals surface area contributed by atoms with Crippen molar-refractivity contribution in [2.75, 3.05) is 7.11 Å². The maximum atomic E-state index is 12.1. The number of carbonyl (C=O) groups is 1. The van der Waals surface area contributed by atoms with Gasteiger partial charge in [-0.05, 0) is 40.5 Å². The highest BCUT2D eigenvalue weighted by Gasteiger charge is 2.33. The lowest BCUT2D eigenvalue weighted by Crippen LogP contribution is -2.18. The fraction of sp³-hybridized carbons (Fsp3) is 0.300. The van der Waals surface area contributed by atoms with Gasteiger partial charge in [0.15, 0.2) is 0 Å². The zero-order valence-corrected chi connectivity index (χ0v) is 10.5. The predicted octanol–water partition coefficient (Wildman–Crippen LogP) is 3.44. The van der Waals surface area contributed by atoms with E-state index in [0.717, 1.165) is 7.11 Å². The van der Waals surface area contributed by atoms with Crippen LogP contribution in [0.1, 0.15) is 15.9 Å². The first kappa shape index (κ1) is 13.8. The van der Waals surface area contributed by atoms with Crippen LogP contribution in [0.5, 0.6) is 5.75 Å². The zero-order valence-electron chi connectivity index (χ0n) is 8.89. The van der Waals surface area contributed by atoms with Crippen LogP contribution in [0.4, 0.5) is 13.2 Å². The highest BCUT2D eigenvalue weighted by molar-refractivity contribution is 9.10. The molecular weight excluding hydrogens is 305 g/mol. The van der Waals surface area contributed by atoms with Crippen molar-refractivity contribution < 1.29 is 27.4 Å². The second kappa shape index (κ2) is 4.95. The first-order valence-electron chi connectivity index (χ1n) is 4.39. The zero-order chi connectivity index (χ0) is 13.2. The van der Waals surface area contributed by atoms with E-state index in [1.54, 1.807) is 6.92 Å². The standard InChI is InChI=1S/C10H8BrF3O3/c1-5-3-6(9(15)16-2)8(11)7(4-5)17-10(12,13)14/h3-4H,1-2H3. The van der Waals surface area contributed by atoms with Crippen LogP contribution in [-0.2, 0) is 4.74 Å². The summed E-state index contributed by atoms with van der Waals surface area (Å²) in [5.41, 5.74) is 0.430. The van der Waals surface area contributed by atoms with Gasteiger partial charge in [-0.1, -0.05) is 0 Å². The van der Waals surface area contributed by atoms with E-state index in [0.29, 0.717) is 5.56 Å². The van der Waals surface area contributed by atoms with Crippen molar-refractivity contribution in [2.24, 2.45) is 0 Å². The van der Waals surface area contributed by atoms with Gasteiger partial charge < -0.3 is 9.47 Å². The lowest BCUT2D eigenvalue weighted by Gasteiger charge is -2.13. The maximum absolute atomic E-state index is 12.1. The Morgan fingerprint density at radius 1 is 1.35 bits per heavy atom. The van der Waals surface area contributed by atoms with E-state index in [2.05, 4.69) is 25.4 Å². The Labute approximate surface area is 104 Å². The smallest absolute Gasteiger partial charge is 0.465 e. The number of rotatable bonds is 2. The quantitative estimate of drug-likeness (QED) is 0.785. The monoisotopic (exact) mass is 312 g/mol. The minimum atomic E-state index is -4.82. The third kappa shape index (κ3) is 3.62. The molecule has 0 N–H and O–H groups in total. The third-order valence-corrected chi connectivity index (χ3v) is 2.63. The van der Waals surface area contributed by atoms with Crippen molar-refractivity contribution in [3.05, 3.63) is 27.7 Å². The number of carbonyl (C=O) groups excluding carboxylic acids is 1. The molecule has 0 unspecified atom stereocenters. The Hall–Kier alpha value is -1.24. The van der Waals surface area contributed by atoms with Gasteiger partial charge in [0.2, 0.25) is 0 Å². The number of halogens is 4. The van der Waals surface area contributed by atoms with Crippen LogP contribution < -0.4 is 4.74 Å². The third-order valence-electron chi connectivity index (χ3n) is 1.81. The van der Waals surface area contributed by atoms with Gasteiger partial charge in [-0.15, -0.1) is 13.2 Å². The number of benzene rings is 1. The van der Waals surface area contributed by atoms with Gasteiger partial charge in [0.1, 0.15) is 5.75 Å². The number of ether oxygens (including phenoxy) is 2. The molecule has 0 aliphatic carbocycles. The average Bonchev–Trinajstić information content (AvgIpc) is 2.19. The predicted molar refractivity (Wildman–Crippen MR) is 56.9 cm³/mol. The van der Waals surface area contributed by atoms with E-state index in [-0.39, 0.29) is 10.0 Å². The molecule has 0 bridgehead atoms. The van der Waals surface area contributed by atoms with Gasteiger partial charge >= 0.3 is 12.3 Å². The van der Waals surface area contributed by atoms with E-state index in [1.165, 1.54) is 12.1 Å². The van der Waals surface area contributed by atoms with E-state index in [4.69, 9.17) is 0 Å². The van der Waals surface area contributed by atoms with Gasteiger partial charge in [0, 0.05) is 0 Å². The summed E-state index contributed by atoms with van der Waals surface area (Å²) < 4.78 is 44.5. The molecule has 0 radical (unpaired) electrons. The summed E-state index contributed by atoms with van der Waals surface area (Å²) in [4.78, 5) is 11.3. The van der Waals surface area contributed by atoms with Crippen molar-refractivity contribution in [3.8, 4) is 5.75 Å². The molecular formula is C10H8BrF3O3. The van der Waals surface area contributed by atoms with Crippen LogP contribution in [-0.4, -0.2) is 19.4 Å². The number of esters is 1. The van der Waals surface area contributed by atoms with Crippen molar-refractivity contribution in [1.82, 2.24) is 0 Å². The summed E-state index contributed by atoms with van der Waals surface area (Å²) in [6.45, 7) is 1.54. The summed E-state index contributed by atoms with van der Waals surface area (Å²) in [6.07, 6.45) is -4.82. The second-order valence-corrected chi connectivity index (χ2v) is 3.96. The molecule has 1 aromatic rings. The average molecular weight is 313 g/mol. The molecule has 0 heterocycles. The molecule has 0 saturated carbocycles. The van der Waals surface area contributed by atoms with Crippen LogP contribution in [0, 0.1) is 6.92 Å². The van der Waals surface area contributed by atoms with Gasteiger partial charge in [0.25, 0.3) is 0 Å². The van der Waals surface area contributed by atoms with E-state index in [9.17, 15) is 18.0 Å². The van der Waals surface area contributed by atoms with Gasteiger partial charge in [-0.3, -0.25) is 0 Å². The summed E-state index contributed by atoms with van der Waals surface area (Å²) in [5.74, 6) is -1.22. The van der Waals surface area contributed by atoms with E-state index < -0.39 is 18.1 Å². The first-order valence-corrected chi connectivity index (χ1v) is 5.18. The van der Waals surface area contributed by atoms with E-state index in [1.807, 2.05) is 0 Å². The fourth-order valence-corrected chi connectivity index (χ4v) is 1.66. The topological polar surface area (TPSA) is 35.5 Å². The number of alkyl halides is 3. The van der Waals surface area contributed by atoms with Gasteiger partial charge in [0.05, 0.1) is 17.1 Å². The molecule has 1 rings (SSSR count). The Kier molecular flexibility index (Phi) is 4.03. The molecule has 0 aromatic heterocycles. The molecule has 0 aliphatic rings. The molecule has 3 nitrogen and oxygen atoms in total. The van der Waals surface area contributed by atoms with Crippen molar-refractivity contribution in [3.63, 3.8) is 0 Å². The minimum absolute atomic E-state index is 0.0215. The summed E-state index contributed by atoms with van der Waals surface area (Å²) in [7, 11) is 1.14. The molecule has 1 aromatic carbocycles. The number of hydrogen-bond donors (Lipinski definition) is 0. The molecule has 0 atom stereocenters. The van der Waals surface area contributed by atoms with Crippen LogP contribution >= 0.6 is 15.9 Å².